The minimum atomic E-state index is -0.553. The summed E-state index contributed by atoms with van der Waals surface area (Å²) in [6, 6.07) is 17.0. The van der Waals surface area contributed by atoms with Crippen LogP contribution in [0.3, 0.4) is 0 Å². The highest BCUT2D eigenvalue weighted by Gasteiger charge is 2.15. The van der Waals surface area contributed by atoms with Crippen molar-refractivity contribution < 1.29 is 19.2 Å². The number of non-ortho nitro benzene ring substituents is 1. The van der Waals surface area contributed by atoms with E-state index in [1.54, 1.807) is 42.5 Å². The number of rotatable bonds is 6. The number of carbonyl (C=O) groups excluding carboxylic acids is 2. The van der Waals surface area contributed by atoms with Crippen molar-refractivity contribution in [1.29, 1.82) is 0 Å². The molecule has 0 unspecified atom stereocenters. The van der Waals surface area contributed by atoms with Crippen LogP contribution in [0.15, 0.2) is 80.8 Å². The number of carbonyl (C=O) groups is 2. The molecule has 0 saturated carbocycles. The highest BCUT2D eigenvalue weighted by Crippen LogP contribution is 2.32. The lowest BCUT2D eigenvalue weighted by molar-refractivity contribution is -0.384. The molecule has 156 valence electrons. The molecule has 31 heavy (non-hydrogen) atoms. The second-order valence-corrected chi connectivity index (χ2v) is 7.83. The molecular formula is C21H13Br2N3O5. The average molecular weight is 547 g/mol. The van der Waals surface area contributed by atoms with E-state index >= 15 is 0 Å². The third kappa shape index (κ3) is 5.83. The molecule has 3 rings (SSSR count). The first-order valence-electron chi connectivity index (χ1n) is 8.69. The number of nitrogens with one attached hydrogen (secondary N) is 1. The van der Waals surface area contributed by atoms with E-state index in [-0.39, 0.29) is 17.0 Å². The molecule has 3 aromatic rings. The number of ether oxygens (including phenoxy) is 1. The Labute approximate surface area is 193 Å². The number of hydrogen-bond donors (Lipinski definition) is 1. The van der Waals surface area contributed by atoms with Gasteiger partial charge in [0.05, 0.1) is 21.2 Å². The molecule has 0 spiro atoms. The van der Waals surface area contributed by atoms with Gasteiger partial charge in [0, 0.05) is 27.7 Å². The fourth-order valence-electron chi connectivity index (χ4n) is 2.47. The van der Waals surface area contributed by atoms with Gasteiger partial charge in [-0.25, -0.2) is 10.2 Å². The summed E-state index contributed by atoms with van der Waals surface area (Å²) in [5.41, 5.74) is 3.22. The summed E-state index contributed by atoms with van der Waals surface area (Å²) in [6.45, 7) is 0. The Morgan fingerprint density at radius 3 is 2.32 bits per heavy atom. The lowest BCUT2D eigenvalue weighted by Gasteiger charge is -2.10. The highest BCUT2D eigenvalue weighted by molar-refractivity contribution is 9.11. The molecule has 0 aromatic heterocycles. The van der Waals surface area contributed by atoms with E-state index in [0.717, 1.165) is 0 Å². The second-order valence-electron chi connectivity index (χ2n) is 6.06. The molecule has 1 amide bonds. The van der Waals surface area contributed by atoms with E-state index in [1.807, 2.05) is 0 Å². The van der Waals surface area contributed by atoms with Crippen LogP contribution < -0.4 is 10.2 Å². The number of nitro groups is 1. The fraction of sp³-hybridized carbons (Fsp3) is 0. The summed E-state index contributed by atoms with van der Waals surface area (Å²) in [4.78, 5) is 34.8. The molecule has 0 fully saturated rings. The maximum atomic E-state index is 12.4. The molecule has 0 bridgehead atoms. The van der Waals surface area contributed by atoms with Gasteiger partial charge in [0.15, 0.2) is 5.75 Å². The zero-order chi connectivity index (χ0) is 22.4. The van der Waals surface area contributed by atoms with Crippen LogP contribution in [0.1, 0.15) is 26.3 Å². The number of hydrogen-bond acceptors (Lipinski definition) is 6. The van der Waals surface area contributed by atoms with Gasteiger partial charge in [-0.3, -0.25) is 14.9 Å². The largest absolute Gasteiger partial charge is 0.421 e. The first-order valence-corrected chi connectivity index (χ1v) is 10.3. The molecular weight excluding hydrogens is 534 g/mol. The number of hydrazone groups is 1. The van der Waals surface area contributed by atoms with Gasteiger partial charge in [0.1, 0.15) is 0 Å². The molecule has 0 saturated heterocycles. The normalized spacial score (nSPS) is 10.6. The summed E-state index contributed by atoms with van der Waals surface area (Å²) < 4.78 is 6.73. The fourth-order valence-corrected chi connectivity index (χ4v) is 3.81. The lowest BCUT2D eigenvalue weighted by atomic mass is 10.2. The van der Waals surface area contributed by atoms with Crippen molar-refractivity contribution in [3.63, 3.8) is 0 Å². The molecule has 10 heteroatoms. The molecule has 0 atom stereocenters. The zero-order valence-corrected chi connectivity index (χ0v) is 18.8. The smallest absolute Gasteiger partial charge is 0.343 e. The van der Waals surface area contributed by atoms with Crippen LogP contribution in [0.4, 0.5) is 5.69 Å². The Balaban J connectivity index is 1.77. The van der Waals surface area contributed by atoms with Gasteiger partial charge in [-0.2, -0.15) is 5.10 Å². The molecule has 0 heterocycles. The summed E-state index contributed by atoms with van der Waals surface area (Å²) in [5.74, 6) is -0.874. The molecule has 8 nitrogen and oxygen atoms in total. The zero-order valence-electron chi connectivity index (χ0n) is 15.6. The van der Waals surface area contributed by atoms with Crippen LogP contribution in [0.25, 0.3) is 0 Å². The van der Waals surface area contributed by atoms with Crippen LogP contribution >= 0.6 is 31.9 Å². The number of amides is 1. The van der Waals surface area contributed by atoms with Crippen LogP contribution in [0, 0.1) is 10.1 Å². The standard InChI is InChI=1S/C21H13Br2N3O5/c22-16-10-15(12-24-25-20(27)13-6-8-17(9-7-13)26(29)30)19(18(23)11-16)31-21(28)14-4-2-1-3-5-14/h1-12H,(H,25,27). The SMILES string of the molecule is O=C(NN=Cc1cc(Br)cc(Br)c1OC(=O)c1ccccc1)c1ccc([N+](=O)[O-])cc1. The average Bonchev–Trinajstić information content (AvgIpc) is 2.76. The Morgan fingerprint density at radius 1 is 1.00 bits per heavy atom. The van der Waals surface area contributed by atoms with Gasteiger partial charge >= 0.3 is 5.97 Å². The van der Waals surface area contributed by atoms with Crippen molar-refractivity contribution in [2.45, 2.75) is 0 Å². The summed E-state index contributed by atoms with van der Waals surface area (Å²) in [7, 11) is 0. The highest BCUT2D eigenvalue weighted by atomic mass is 79.9. The monoisotopic (exact) mass is 545 g/mol. The first-order chi connectivity index (χ1) is 14.8. The lowest BCUT2D eigenvalue weighted by Crippen LogP contribution is -2.17. The minimum Gasteiger partial charge on any atom is -0.421 e. The van der Waals surface area contributed by atoms with Gasteiger partial charge < -0.3 is 4.74 Å². The van der Waals surface area contributed by atoms with Gasteiger partial charge in [0.25, 0.3) is 11.6 Å². The van der Waals surface area contributed by atoms with E-state index in [4.69, 9.17) is 4.74 Å². The third-order valence-corrected chi connectivity index (χ3v) is 5.00. The van der Waals surface area contributed by atoms with E-state index in [1.165, 1.54) is 30.5 Å². The van der Waals surface area contributed by atoms with Crippen LogP contribution in [-0.4, -0.2) is 23.0 Å². The van der Waals surface area contributed by atoms with Crippen LogP contribution in [0.2, 0.25) is 0 Å². The van der Waals surface area contributed by atoms with E-state index in [0.29, 0.717) is 20.1 Å². The van der Waals surface area contributed by atoms with Gasteiger partial charge in [-0.1, -0.05) is 34.1 Å². The van der Waals surface area contributed by atoms with Crippen LogP contribution in [-0.2, 0) is 0 Å². The summed E-state index contributed by atoms with van der Waals surface area (Å²) >= 11 is 6.72. The Bertz CT molecular complexity index is 1170. The number of halogens is 2. The van der Waals surface area contributed by atoms with Gasteiger partial charge in [-0.05, 0) is 52.3 Å². The quantitative estimate of drug-likeness (QED) is 0.152. The summed E-state index contributed by atoms with van der Waals surface area (Å²) in [5, 5.41) is 14.6. The predicted octanol–water partition coefficient (Wildman–Crippen LogP) is 5.10. The molecule has 0 aliphatic carbocycles. The van der Waals surface area contributed by atoms with Crippen molar-refractivity contribution in [3.8, 4) is 5.75 Å². The number of esters is 1. The second kappa shape index (κ2) is 10.1. The minimum absolute atomic E-state index is 0.121. The number of benzene rings is 3. The van der Waals surface area contributed by atoms with E-state index in [2.05, 4.69) is 42.4 Å². The van der Waals surface area contributed by atoms with Crippen molar-refractivity contribution in [1.82, 2.24) is 5.43 Å². The maximum Gasteiger partial charge on any atom is 0.343 e. The third-order valence-electron chi connectivity index (χ3n) is 3.95. The van der Waals surface area contributed by atoms with Crippen molar-refractivity contribution in [3.05, 3.63) is 102 Å². The van der Waals surface area contributed by atoms with Gasteiger partial charge in [0.2, 0.25) is 0 Å². The maximum absolute atomic E-state index is 12.4. The van der Waals surface area contributed by atoms with E-state index in [9.17, 15) is 19.7 Å². The number of nitro benzene ring substituents is 1. The Hall–Kier alpha value is -3.37. The Kier molecular flexibility index (Phi) is 7.27. The molecule has 0 radical (unpaired) electrons. The van der Waals surface area contributed by atoms with Gasteiger partial charge in [-0.15, -0.1) is 0 Å². The summed E-state index contributed by atoms with van der Waals surface area (Å²) in [6.07, 6.45) is 1.33. The topological polar surface area (TPSA) is 111 Å². The van der Waals surface area contributed by atoms with Crippen molar-refractivity contribution >= 4 is 55.6 Å². The predicted molar refractivity (Wildman–Crippen MR) is 121 cm³/mol. The van der Waals surface area contributed by atoms with Crippen molar-refractivity contribution in [2.24, 2.45) is 5.10 Å². The van der Waals surface area contributed by atoms with Crippen LogP contribution in [0.5, 0.6) is 5.75 Å². The number of nitrogens with zero attached hydrogens (tertiary/aromatic N) is 2. The van der Waals surface area contributed by atoms with E-state index < -0.39 is 16.8 Å². The Morgan fingerprint density at radius 2 is 1.68 bits per heavy atom. The molecule has 0 aliphatic rings. The first kappa shape index (κ1) is 22.3. The molecule has 0 aliphatic heterocycles. The molecule has 3 aromatic carbocycles. The molecule has 1 N–H and O–H groups in total. The van der Waals surface area contributed by atoms with Crippen molar-refractivity contribution in [2.75, 3.05) is 0 Å².